The minimum absolute atomic E-state index is 0.00516. The molecular weight excluding hydrogens is 257 g/mol. The number of aromatic nitrogens is 2. The molecule has 0 radical (unpaired) electrons. The van der Waals surface area contributed by atoms with Crippen molar-refractivity contribution in [2.75, 3.05) is 0 Å². The lowest BCUT2D eigenvalue weighted by atomic mass is 10.1. The number of hydrogen-bond donors (Lipinski definition) is 1. The fraction of sp³-hybridized carbons (Fsp3) is 0.273. The Kier molecular flexibility index (Phi) is 4.09. The van der Waals surface area contributed by atoms with Crippen LogP contribution in [0.25, 0.3) is 0 Å². The van der Waals surface area contributed by atoms with E-state index in [0.29, 0.717) is 6.42 Å². The van der Waals surface area contributed by atoms with Crippen molar-refractivity contribution in [2.45, 2.75) is 28.6 Å². The van der Waals surface area contributed by atoms with Crippen molar-refractivity contribution in [3.05, 3.63) is 35.1 Å². The lowest BCUT2D eigenvalue weighted by Crippen LogP contribution is -2.18. The molecule has 0 saturated carbocycles. The van der Waals surface area contributed by atoms with Crippen LogP contribution in [0.1, 0.15) is 12.5 Å². The fourth-order valence-corrected chi connectivity index (χ4v) is 3.01. The quantitative estimate of drug-likeness (QED) is 0.927. The van der Waals surface area contributed by atoms with Gasteiger partial charge in [0.1, 0.15) is 11.3 Å². The molecule has 2 aromatic rings. The molecule has 2 N–H and O–H groups in total. The third-order valence-electron chi connectivity index (χ3n) is 2.10. The SMILES string of the molecule is CC(N)Cc1cc(F)ccc1Sc1nncs1. The van der Waals surface area contributed by atoms with Crippen molar-refractivity contribution in [3.63, 3.8) is 0 Å². The van der Waals surface area contributed by atoms with Crippen LogP contribution in [-0.4, -0.2) is 16.2 Å². The molecule has 0 aliphatic carbocycles. The van der Waals surface area contributed by atoms with Gasteiger partial charge in [0.2, 0.25) is 0 Å². The maximum atomic E-state index is 13.2. The smallest absolute Gasteiger partial charge is 0.178 e. The molecule has 0 amide bonds. The van der Waals surface area contributed by atoms with E-state index in [9.17, 15) is 4.39 Å². The number of benzene rings is 1. The Morgan fingerprint density at radius 2 is 2.35 bits per heavy atom. The Hall–Kier alpha value is -0.980. The van der Waals surface area contributed by atoms with Crippen molar-refractivity contribution in [2.24, 2.45) is 5.73 Å². The van der Waals surface area contributed by atoms with E-state index < -0.39 is 0 Å². The Morgan fingerprint density at radius 1 is 1.53 bits per heavy atom. The van der Waals surface area contributed by atoms with Gasteiger partial charge in [-0.3, -0.25) is 0 Å². The van der Waals surface area contributed by atoms with E-state index >= 15 is 0 Å². The zero-order chi connectivity index (χ0) is 12.3. The summed E-state index contributed by atoms with van der Waals surface area (Å²) in [7, 11) is 0. The number of hydrogen-bond acceptors (Lipinski definition) is 5. The summed E-state index contributed by atoms with van der Waals surface area (Å²) in [4.78, 5) is 0.987. The molecule has 1 atom stereocenters. The highest BCUT2D eigenvalue weighted by atomic mass is 32.2. The van der Waals surface area contributed by atoms with Gasteiger partial charge < -0.3 is 5.73 Å². The first kappa shape index (κ1) is 12.5. The van der Waals surface area contributed by atoms with Crippen LogP contribution in [0.4, 0.5) is 4.39 Å². The molecule has 6 heteroatoms. The summed E-state index contributed by atoms with van der Waals surface area (Å²) in [5.74, 6) is -0.234. The molecule has 2 rings (SSSR count). The number of rotatable bonds is 4. The molecule has 17 heavy (non-hydrogen) atoms. The molecule has 0 spiro atoms. The van der Waals surface area contributed by atoms with Crippen LogP contribution in [0.2, 0.25) is 0 Å². The molecule has 0 saturated heterocycles. The van der Waals surface area contributed by atoms with Gasteiger partial charge in [0.05, 0.1) is 0 Å². The van der Waals surface area contributed by atoms with Gasteiger partial charge in [-0.2, -0.15) is 0 Å². The largest absolute Gasteiger partial charge is 0.328 e. The predicted octanol–water partition coefficient (Wildman–Crippen LogP) is 2.72. The number of nitrogens with zero attached hydrogens (tertiary/aromatic N) is 2. The highest BCUT2D eigenvalue weighted by Gasteiger charge is 2.09. The summed E-state index contributed by atoms with van der Waals surface area (Å²) >= 11 is 2.96. The van der Waals surface area contributed by atoms with Crippen molar-refractivity contribution in [1.29, 1.82) is 0 Å². The van der Waals surface area contributed by atoms with Crippen LogP contribution < -0.4 is 5.73 Å². The average molecular weight is 269 g/mol. The number of nitrogens with two attached hydrogens (primary N) is 1. The Morgan fingerprint density at radius 3 is 3.00 bits per heavy atom. The van der Waals surface area contributed by atoms with Crippen LogP contribution in [0.3, 0.4) is 0 Å². The third kappa shape index (κ3) is 3.49. The highest BCUT2D eigenvalue weighted by Crippen LogP contribution is 2.32. The Balaban J connectivity index is 2.25. The van der Waals surface area contributed by atoms with Crippen molar-refractivity contribution in [1.82, 2.24) is 10.2 Å². The second kappa shape index (κ2) is 5.57. The van der Waals surface area contributed by atoms with E-state index in [1.54, 1.807) is 11.6 Å². The summed E-state index contributed by atoms with van der Waals surface area (Å²) in [6, 6.07) is 4.76. The van der Waals surface area contributed by atoms with E-state index in [-0.39, 0.29) is 11.9 Å². The van der Waals surface area contributed by atoms with Crippen LogP contribution >= 0.6 is 23.1 Å². The van der Waals surface area contributed by atoms with Gasteiger partial charge >= 0.3 is 0 Å². The van der Waals surface area contributed by atoms with Gasteiger partial charge in [0, 0.05) is 10.9 Å². The lowest BCUT2D eigenvalue weighted by molar-refractivity contribution is 0.620. The van der Waals surface area contributed by atoms with Gasteiger partial charge in [-0.05, 0) is 37.1 Å². The van der Waals surface area contributed by atoms with E-state index in [1.165, 1.54) is 35.2 Å². The Labute approximate surface area is 107 Å². The van der Waals surface area contributed by atoms with Crippen LogP contribution in [0.15, 0.2) is 32.9 Å². The second-order valence-electron chi connectivity index (χ2n) is 3.74. The Bertz CT molecular complexity index is 485. The zero-order valence-corrected chi connectivity index (χ0v) is 10.9. The first-order valence-electron chi connectivity index (χ1n) is 5.13. The van der Waals surface area contributed by atoms with E-state index in [2.05, 4.69) is 10.2 Å². The minimum atomic E-state index is -0.234. The molecule has 0 aliphatic rings. The fourth-order valence-electron chi connectivity index (χ4n) is 1.46. The summed E-state index contributed by atoms with van der Waals surface area (Å²) in [5.41, 5.74) is 8.35. The van der Waals surface area contributed by atoms with Crippen molar-refractivity contribution >= 4 is 23.1 Å². The maximum absolute atomic E-state index is 13.2. The first-order valence-corrected chi connectivity index (χ1v) is 6.83. The molecule has 0 bridgehead atoms. The van der Waals surface area contributed by atoms with Crippen LogP contribution in [0.5, 0.6) is 0 Å². The zero-order valence-electron chi connectivity index (χ0n) is 9.26. The summed E-state index contributed by atoms with van der Waals surface area (Å²) < 4.78 is 14.1. The predicted molar refractivity (Wildman–Crippen MR) is 67.8 cm³/mol. The van der Waals surface area contributed by atoms with Gasteiger partial charge in [0.15, 0.2) is 4.34 Å². The summed E-state index contributed by atoms with van der Waals surface area (Å²) in [6.45, 7) is 1.91. The van der Waals surface area contributed by atoms with E-state index in [4.69, 9.17) is 5.73 Å². The molecule has 3 nitrogen and oxygen atoms in total. The van der Waals surface area contributed by atoms with Crippen LogP contribution in [-0.2, 0) is 6.42 Å². The minimum Gasteiger partial charge on any atom is -0.328 e. The van der Waals surface area contributed by atoms with Crippen molar-refractivity contribution in [3.8, 4) is 0 Å². The molecule has 1 aromatic carbocycles. The number of halogens is 1. The third-order valence-corrected chi connectivity index (χ3v) is 4.00. The van der Waals surface area contributed by atoms with Crippen molar-refractivity contribution < 1.29 is 4.39 Å². The van der Waals surface area contributed by atoms with Crippen LogP contribution in [0, 0.1) is 5.82 Å². The molecule has 0 aliphatic heterocycles. The van der Waals surface area contributed by atoms with Gasteiger partial charge in [-0.15, -0.1) is 10.2 Å². The topological polar surface area (TPSA) is 51.8 Å². The molecule has 0 fully saturated rings. The first-order chi connectivity index (χ1) is 8.15. The average Bonchev–Trinajstić information content (AvgIpc) is 2.74. The summed E-state index contributed by atoms with van der Waals surface area (Å²) in [5, 5.41) is 7.74. The molecule has 1 aromatic heterocycles. The molecule has 1 unspecified atom stereocenters. The normalized spacial score (nSPS) is 12.6. The van der Waals surface area contributed by atoms with Gasteiger partial charge in [0.25, 0.3) is 0 Å². The monoisotopic (exact) mass is 269 g/mol. The van der Waals surface area contributed by atoms with Gasteiger partial charge in [-0.1, -0.05) is 23.1 Å². The molecule has 1 heterocycles. The van der Waals surface area contributed by atoms with E-state index in [1.807, 2.05) is 6.92 Å². The standard InChI is InChI=1S/C11H12FN3S2/c1-7(13)4-8-5-9(12)2-3-10(8)17-11-15-14-6-16-11/h2-3,5-7H,4,13H2,1H3. The highest BCUT2D eigenvalue weighted by molar-refractivity contribution is 8.01. The maximum Gasteiger partial charge on any atom is 0.178 e. The second-order valence-corrected chi connectivity index (χ2v) is 5.86. The van der Waals surface area contributed by atoms with E-state index in [0.717, 1.165) is 14.8 Å². The van der Waals surface area contributed by atoms with Gasteiger partial charge in [-0.25, -0.2) is 4.39 Å². The molecule has 90 valence electrons. The molecular formula is C11H12FN3S2. The lowest BCUT2D eigenvalue weighted by Gasteiger charge is -2.10. The summed E-state index contributed by atoms with van der Waals surface area (Å²) in [6.07, 6.45) is 0.652.